The van der Waals surface area contributed by atoms with E-state index in [1.807, 2.05) is 0 Å². The maximum atomic E-state index is 12.7. The number of hydrogen-bond acceptors (Lipinski definition) is 2. The molecule has 1 atom stereocenters. The predicted molar refractivity (Wildman–Crippen MR) is 86.8 cm³/mol. The van der Waals surface area contributed by atoms with Crippen LogP contribution in [0.4, 0.5) is 5.69 Å². The number of amides is 1. The topological polar surface area (TPSA) is 57.6 Å². The van der Waals surface area contributed by atoms with Gasteiger partial charge in [0.05, 0.1) is 11.4 Å². The Balaban J connectivity index is 2.58. The molecule has 0 radical (unpaired) electrons. The molecule has 2 aromatic rings. The molecule has 0 aliphatic rings. The Hall–Kier alpha value is -2.04. The molecule has 0 aromatic heterocycles. The number of nitrogens with zero attached hydrogens (tertiary/aromatic N) is 1. The Bertz CT molecular complexity index is 752. The van der Waals surface area contributed by atoms with Crippen LogP contribution in [0.5, 0.6) is 0 Å². The van der Waals surface area contributed by atoms with Crippen LogP contribution in [-0.2, 0) is 4.79 Å². The second-order valence-corrected chi connectivity index (χ2v) is 5.35. The average molecular weight is 339 g/mol. The molecule has 0 saturated carbocycles. The van der Waals surface area contributed by atoms with E-state index >= 15 is 0 Å². The molecular formula is C16H13Cl2NO3. The summed E-state index contributed by atoms with van der Waals surface area (Å²) in [6, 6.07) is 9.71. The van der Waals surface area contributed by atoms with Gasteiger partial charge in [-0.2, -0.15) is 0 Å². The van der Waals surface area contributed by atoms with Crippen molar-refractivity contribution in [1.82, 2.24) is 0 Å². The number of benzene rings is 2. The lowest BCUT2D eigenvalue weighted by atomic mass is 10.1. The normalized spacial score (nSPS) is 12.4. The first-order valence-corrected chi connectivity index (χ1v) is 7.16. The van der Waals surface area contributed by atoms with Crippen molar-refractivity contribution in [2.24, 2.45) is 0 Å². The van der Waals surface area contributed by atoms with Gasteiger partial charge in [0.15, 0.2) is 0 Å². The van der Waals surface area contributed by atoms with Crippen LogP contribution in [0.15, 0.2) is 48.5 Å². The standard InChI is InChI=1S/C16H13Cl2NO3/c1-10(16(21)22)19(12-7-8-13(17)14(18)9-12)15(20)11-5-3-2-4-6-11/h2-10H,1H3,(H,21,22)/t10-/m0/s1/i9D. The van der Waals surface area contributed by atoms with Crippen molar-refractivity contribution in [3.63, 3.8) is 0 Å². The summed E-state index contributed by atoms with van der Waals surface area (Å²) >= 11 is 11.8. The highest BCUT2D eigenvalue weighted by Crippen LogP contribution is 2.29. The number of carbonyl (C=O) groups excluding carboxylic acids is 1. The summed E-state index contributed by atoms with van der Waals surface area (Å²) in [5.41, 5.74) is 0.397. The highest BCUT2D eigenvalue weighted by atomic mass is 35.5. The fourth-order valence-electron chi connectivity index (χ4n) is 1.90. The van der Waals surface area contributed by atoms with Gasteiger partial charge >= 0.3 is 5.97 Å². The number of hydrogen-bond donors (Lipinski definition) is 1. The van der Waals surface area contributed by atoms with E-state index in [1.54, 1.807) is 30.3 Å². The summed E-state index contributed by atoms with van der Waals surface area (Å²) in [6.45, 7) is 1.37. The van der Waals surface area contributed by atoms with Crippen molar-refractivity contribution < 1.29 is 16.1 Å². The SMILES string of the molecule is [2H]c1c(N(C(=O)c2ccccc2)[C@@H](C)C(=O)O)ccc(Cl)c1Cl. The number of aliphatic carboxylic acids is 1. The van der Waals surface area contributed by atoms with Crippen LogP contribution in [0, 0.1) is 0 Å². The van der Waals surface area contributed by atoms with Gasteiger partial charge in [-0.3, -0.25) is 9.69 Å². The van der Waals surface area contributed by atoms with Gasteiger partial charge < -0.3 is 5.11 Å². The first kappa shape index (κ1) is 14.9. The molecule has 22 heavy (non-hydrogen) atoms. The van der Waals surface area contributed by atoms with Crippen LogP contribution in [0.3, 0.4) is 0 Å². The van der Waals surface area contributed by atoms with Crippen molar-refractivity contribution in [2.75, 3.05) is 4.90 Å². The molecule has 0 saturated heterocycles. The van der Waals surface area contributed by atoms with Gasteiger partial charge in [0.25, 0.3) is 5.91 Å². The summed E-state index contributed by atoms with van der Waals surface area (Å²) in [5, 5.41) is 9.44. The molecule has 1 N–H and O–H groups in total. The monoisotopic (exact) mass is 338 g/mol. The van der Waals surface area contributed by atoms with E-state index in [2.05, 4.69) is 0 Å². The van der Waals surface area contributed by atoms with Crippen LogP contribution < -0.4 is 4.90 Å². The summed E-state index contributed by atoms with van der Waals surface area (Å²) in [6.07, 6.45) is 0. The largest absolute Gasteiger partial charge is 0.480 e. The van der Waals surface area contributed by atoms with Crippen LogP contribution in [-0.4, -0.2) is 23.0 Å². The van der Waals surface area contributed by atoms with Crippen LogP contribution in [0.1, 0.15) is 18.7 Å². The number of carboxylic acid groups (broad SMARTS) is 1. The zero-order chi connectivity index (χ0) is 17.1. The summed E-state index contributed by atoms with van der Waals surface area (Å²) in [7, 11) is 0. The second-order valence-electron chi connectivity index (χ2n) is 4.56. The summed E-state index contributed by atoms with van der Waals surface area (Å²) in [4.78, 5) is 25.2. The minimum atomic E-state index is -1.19. The third-order valence-corrected chi connectivity index (χ3v) is 3.79. The smallest absolute Gasteiger partial charge is 0.326 e. The number of rotatable bonds is 4. The molecular weight excluding hydrogens is 325 g/mol. The van der Waals surface area contributed by atoms with Crippen LogP contribution in [0.25, 0.3) is 0 Å². The number of carbonyl (C=O) groups is 2. The number of carboxylic acids is 1. The molecule has 114 valence electrons. The van der Waals surface area contributed by atoms with Gasteiger partial charge in [0.2, 0.25) is 0 Å². The third kappa shape index (κ3) is 3.40. The zero-order valence-electron chi connectivity index (χ0n) is 12.6. The van der Waals surface area contributed by atoms with E-state index in [4.69, 9.17) is 24.6 Å². The average Bonchev–Trinajstić information content (AvgIpc) is 2.55. The van der Waals surface area contributed by atoms with Gasteiger partial charge in [-0.25, -0.2) is 4.79 Å². The zero-order valence-corrected chi connectivity index (χ0v) is 13.1. The van der Waals surface area contributed by atoms with Crippen molar-refractivity contribution in [3.05, 3.63) is 64.1 Å². The molecule has 0 unspecified atom stereocenters. The maximum Gasteiger partial charge on any atom is 0.326 e. The quantitative estimate of drug-likeness (QED) is 0.912. The lowest BCUT2D eigenvalue weighted by Crippen LogP contribution is -2.43. The van der Waals surface area contributed by atoms with Crippen LogP contribution >= 0.6 is 23.2 Å². The van der Waals surface area contributed by atoms with E-state index in [-0.39, 0.29) is 21.8 Å². The van der Waals surface area contributed by atoms with E-state index < -0.39 is 17.9 Å². The molecule has 0 aliphatic carbocycles. The van der Waals surface area contributed by atoms with Gasteiger partial charge in [0, 0.05) is 11.3 Å². The minimum Gasteiger partial charge on any atom is -0.480 e. The molecule has 6 heteroatoms. The fourth-order valence-corrected chi connectivity index (χ4v) is 2.17. The summed E-state index contributed by atoms with van der Waals surface area (Å²) in [5.74, 6) is -1.73. The maximum absolute atomic E-state index is 12.7. The van der Waals surface area contributed by atoms with Gasteiger partial charge in [0.1, 0.15) is 6.04 Å². The third-order valence-electron chi connectivity index (χ3n) is 3.08. The van der Waals surface area contributed by atoms with E-state index in [0.717, 1.165) is 4.90 Å². The molecule has 2 aromatic carbocycles. The number of halogens is 2. The first-order chi connectivity index (χ1) is 10.8. The molecule has 0 heterocycles. The Morgan fingerprint density at radius 3 is 2.36 bits per heavy atom. The molecule has 1 amide bonds. The van der Waals surface area contributed by atoms with Crippen molar-refractivity contribution in [2.45, 2.75) is 13.0 Å². The second kappa shape index (κ2) is 6.81. The summed E-state index contributed by atoms with van der Waals surface area (Å²) < 4.78 is 8.05. The molecule has 0 aliphatic heterocycles. The van der Waals surface area contributed by atoms with E-state index in [0.29, 0.717) is 5.56 Å². The Labute approximate surface area is 139 Å². The Kier molecular flexibility index (Phi) is 4.61. The molecule has 0 bridgehead atoms. The fraction of sp³-hybridized carbons (Fsp3) is 0.125. The lowest BCUT2D eigenvalue weighted by Gasteiger charge is -2.27. The van der Waals surface area contributed by atoms with Gasteiger partial charge in [-0.1, -0.05) is 41.4 Å². The first-order valence-electron chi connectivity index (χ1n) is 6.90. The Morgan fingerprint density at radius 2 is 1.77 bits per heavy atom. The van der Waals surface area contributed by atoms with Gasteiger partial charge in [-0.15, -0.1) is 0 Å². The van der Waals surface area contributed by atoms with Crippen LogP contribution in [0.2, 0.25) is 10.0 Å². The van der Waals surface area contributed by atoms with E-state index in [9.17, 15) is 14.7 Å². The highest BCUT2D eigenvalue weighted by Gasteiger charge is 2.28. The Morgan fingerprint density at radius 1 is 1.14 bits per heavy atom. The minimum absolute atomic E-state index is 0.0346. The molecule has 0 spiro atoms. The van der Waals surface area contributed by atoms with Crippen molar-refractivity contribution >= 4 is 40.8 Å². The number of anilines is 1. The van der Waals surface area contributed by atoms with Gasteiger partial charge in [-0.05, 0) is 37.2 Å². The molecule has 2 rings (SSSR count). The van der Waals surface area contributed by atoms with Crippen molar-refractivity contribution in [1.29, 1.82) is 0 Å². The lowest BCUT2D eigenvalue weighted by molar-refractivity contribution is -0.138. The molecule has 0 fully saturated rings. The van der Waals surface area contributed by atoms with Crippen molar-refractivity contribution in [3.8, 4) is 0 Å². The molecule has 4 nitrogen and oxygen atoms in total. The van der Waals surface area contributed by atoms with E-state index in [1.165, 1.54) is 19.1 Å². The predicted octanol–water partition coefficient (Wildman–Crippen LogP) is 4.11. The highest BCUT2D eigenvalue weighted by molar-refractivity contribution is 6.42.